The van der Waals surface area contributed by atoms with E-state index in [2.05, 4.69) is 5.32 Å². The molecule has 1 N–H and O–H groups in total. The number of ether oxygens (including phenoxy) is 1. The maximum Gasteiger partial charge on any atom is 0.321 e. The first-order valence-corrected chi connectivity index (χ1v) is 11.2. The number of amides is 2. The summed E-state index contributed by atoms with van der Waals surface area (Å²) in [5.41, 5.74) is -0.186. The van der Waals surface area contributed by atoms with Gasteiger partial charge in [-0.15, -0.1) is 0 Å². The molecule has 0 aliphatic carbocycles. The van der Waals surface area contributed by atoms with Crippen LogP contribution >= 0.6 is 0 Å². The Balaban J connectivity index is 1.51. The van der Waals surface area contributed by atoms with E-state index in [9.17, 15) is 13.2 Å². The van der Waals surface area contributed by atoms with Crippen LogP contribution in [0.15, 0.2) is 65.6 Å². The standard InChI is InChI=1S/C21H25N3O4S/c1-17-16-23(20(25)22-18-8-4-2-5-9-18)13-12-21(17)24(14-15-28-21)29(26,27)19-10-6-3-7-11-19/h2-11,17H,12-16H2,1H3,(H,22,25). The van der Waals surface area contributed by atoms with Crippen molar-refractivity contribution in [2.24, 2.45) is 5.92 Å². The number of carbonyl (C=O) groups is 1. The summed E-state index contributed by atoms with van der Waals surface area (Å²) in [4.78, 5) is 14.6. The Labute approximate surface area is 171 Å². The number of hydrogen-bond donors (Lipinski definition) is 1. The second kappa shape index (κ2) is 7.78. The molecule has 8 heteroatoms. The van der Waals surface area contributed by atoms with Gasteiger partial charge in [-0.05, 0) is 24.3 Å². The Morgan fingerprint density at radius 3 is 2.38 bits per heavy atom. The van der Waals surface area contributed by atoms with Crippen LogP contribution in [0.25, 0.3) is 0 Å². The number of likely N-dealkylation sites (tertiary alicyclic amines) is 1. The zero-order chi connectivity index (χ0) is 20.5. The number of hydrogen-bond acceptors (Lipinski definition) is 4. The minimum Gasteiger partial charge on any atom is -0.358 e. The van der Waals surface area contributed by atoms with Crippen LogP contribution in [0.4, 0.5) is 10.5 Å². The van der Waals surface area contributed by atoms with E-state index in [-0.39, 0.29) is 16.8 Å². The molecule has 7 nitrogen and oxygen atoms in total. The van der Waals surface area contributed by atoms with Crippen LogP contribution in [0.5, 0.6) is 0 Å². The molecular weight excluding hydrogens is 390 g/mol. The zero-order valence-corrected chi connectivity index (χ0v) is 17.1. The van der Waals surface area contributed by atoms with E-state index in [1.54, 1.807) is 35.2 Å². The Bertz CT molecular complexity index is 968. The number of para-hydroxylation sites is 1. The predicted octanol–water partition coefficient (Wildman–Crippen LogP) is 2.98. The zero-order valence-electron chi connectivity index (χ0n) is 16.3. The Morgan fingerprint density at radius 1 is 1.07 bits per heavy atom. The SMILES string of the molecule is CC1CN(C(=O)Nc2ccccc2)CCC12OCCN2S(=O)(=O)c1ccccc1. The molecule has 2 aliphatic heterocycles. The molecule has 2 aromatic rings. The molecule has 154 valence electrons. The fraction of sp³-hybridized carbons (Fsp3) is 0.381. The topological polar surface area (TPSA) is 79.0 Å². The number of nitrogens with zero attached hydrogens (tertiary/aromatic N) is 2. The summed E-state index contributed by atoms with van der Waals surface area (Å²) >= 11 is 0. The molecule has 2 unspecified atom stereocenters. The number of urea groups is 1. The largest absolute Gasteiger partial charge is 0.358 e. The van der Waals surface area contributed by atoms with Gasteiger partial charge in [0.05, 0.1) is 11.5 Å². The van der Waals surface area contributed by atoms with E-state index in [0.29, 0.717) is 32.7 Å². The average Bonchev–Trinajstić information content (AvgIpc) is 3.17. The molecule has 0 bridgehead atoms. The van der Waals surface area contributed by atoms with E-state index in [1.165, 1.54) is 4.31 Å². The summed E-state index contributed by atoms with van der Waals surface area (Å²) < 4.78 is 34.1. The van der Waals surface area contributed by atoms with Crippen LogP contribution in [0.2, 0.25) is 0 Å². The smallest absolute Gasteiger partial charge is 0.321 e. The lowest BCUT2D eigenvalue weighted by atomic mass is 9.90. The van der Waals surface area contributed by atoms with Crippen molar-refractivity contribution in [2.75, 3.05) is 31.6 Å². The average molecular weight is 416 g/mol. The number of nitrogens with one attached hydrogen (secondary N) is 1. The number of sulfonamides is 1. The second-order valence-corrected chi connectivity index (χ2v) is 9.34. The maximum absolute atomic E-state index is 13.3. The summed E-state index contributed by atoms with van der Waals surface area (Å²) in [6, 6.07) is 17.5. The van der Waals surface area contributed by atoms with E-state index in [4.69, 9.17) is 4.74 Å². The van der Waals surface area contributed by atoms with Crippen molar-refractivity contribution >= 4 is 21.7 Å². The van der Waals surface area contributed by atoms with Crippen molar-refractivity contribution in [1.29, 1.82) is 0 Å². The fourth-order valence-corrected chi connectivity index (χ4v) is 6.01. The number of rotatable bonds is 3. The molecule has 0 aromatic heterocycles. The van der Waals surface area contributed by atoms with Gasteiger partial charge in [0.1, 0.15) is 5.72 Å². The van der Waals surface area contributed by atoms with Crippen molar-refractivity contribution < 1.29 is 17.9 Å². The Morgan fingerprint density at radius 2 is 1.72 bits per heavy atom. The number of benzene rings is 2. The summed E-state index contributed by atoms with van der Waals surface area (Å²) in [6.45, 7) is 3.45. The van der Waals surface area contributed by atoms with Crippen LogP contribution in [-0.4, -0.2) is 55.6 Å². The molecule has 29 heavy (non-hydrogen) atoms. The number of carbonyl (C=O) groups excluding carboxylic acids is 1. The summed E-state index contributed by atoms with van der Waals surface area (Å²) in [6.07, 6.45) is 0.433. The van der Waals surface area contributed by atoms with Gasteiger partial charge in [-0.2, -0.15) is 4.31 Å². The highest BCUT2D eigenvalue weighted by Crippen LogP contribution is 2.41. The van der Waals surface area contributed by atoms with Gasteiger partial charge in [0.15, 0.2) is 0 Å². The van der Waals surface area contributed by atoms with Gasteiger partial charge in [-0.25, -0.2) is 13.2 Å². The van der Waals surface area contributed by atoms with Crippen molar-refractivity contribution in [1.82, 2.24) is 9.21 Å². The monoisotopic (exact) mass is 415 g/mol. The normalized spacial score (nSPS) is 25.3. The molecule has 2 atom stereocenters. The van der Waals surface area contributed by atoms with Gasteiger partial charge < -0.3 is 15.0 Å². The van der Waals surface area contributed by atoms with Crippen molar-refractivity contribution in [3.63, 3.8) is 0 Å². The van der Waals surface area contributed by atoms with Crippen LogP contribution in [0.1, 0.15) is 13.3 Å². The minimum atomic E-state index is -3.68. The van der Waals surface area contributed by atoms with E-state index in [1.807, 2.05) is 37.3 Å². The molecule has 1 spiro atoms. The summed E-state index contributed by atoms with van der Waals surface area (Å²) in [5, 5.41) is 2.89. The van der Waals surface area contributed by atoms with Gasteiger partial charge in [-0.1, -0.05) is 43.3 Å². The van der Waals surface area contributed by atoms with Gasteiger partial charge in [0.2, 0.25) is 10.0 Å². The van der Waals surface area contributed by atoms with Crippen LogP contribution in [0.3, 0.4) is 0 Å². The Kier molecular flexibility index (Phi) is 5.33. The lowest BCUT2D eigenvalue weighted by Gasteiger charge is -2.47. The van der Waals surface area contributed by atoms with Gasteiger partial charge >= 0.3 is 6.03 Å². The molecule has 4 rings (SSSR count). The molecule has 2 aromatic carbocycles. The maximum atomic E-state index is 13.3. The molecule has 0 saturated carbocycles. The highest BCUT2D eigenvalue weighted by molar-refractivity contribution is 7.89. The summed E-state index contributed by atoms with van der Waals surface area (Å²) in [5.74, 6) is -0.168. The van der Waals surface area contributed by atoms with E-state index < -0.39 is 15.7 Å². The third-order valence-electron chi connectivity index (χ3n) is 5.72. The van der Waals surface area contributed by atoms with Crippen LogP contribution in [-0.2, 0) is 14.8 Å². The van der Waals surface area contributed by atoms with Crippen LogP contribution in [0, 0.1) is 5.92 Å². The third-order valence-corrected chi connectivity index (χ3v) is 7.66. The third kappa shape index (κ3) is 3.63. The number of piperidine rings is 1. The Hall–Kier alpha value is -2.42. The minimum absolute atomic E-state index is 0.168. The lowest BCUT2D eigenvalue weighted by molar-refractivity contribution is -0.121. The van der Waals surface area contributed by atoms with Crippen molar-refractivity contribution in [3.8, 4) is 0 Å². The fourth-order valence-electron chi connectivity index (χ4n) is 4.21. The quantitative estimate of drug-likeness (QED) is 0.836. The molecule has 2 saturated heterocycles. The molecule has 2 amide bonds. The molecular formula is C21H25N3O4S. The molecule has 0 radical (unpaired) electrons. The van der Waals surface area contributed by atoms with Gasteiger partial charge in [0, 0.05) is 37.7 Å². The van der Waals surface area contributed by atoms with E-state index in [0.717, 1.165) is 5.69 Å². The predicted molar refractivity (Wildman–Crippen MR) is 110 cm³/mol. The van der Waals surface area contributed by atoms with Gasteiger partial charge in [0.25, 0.3) is 0 Å². The molecule has 2 aliphatic rings. The summed E-state index contributed by atoms with van der Waals surface area (Å²) in [7, 11) is -3.68. The first-order valence-electron chi connectivity index (χ1n) is 9.76. The van der Waals surface area contributed by atoms with Crippen LogP contribution < -0.4 is 5.32 Å². The second-order valence-electron chi connectivity index (χ2n) is 7.48. The molecule has 2 heterocycles. The highest BCUT2D eigenvalue weighted by atomic mass is 32.2. The highest BCUT2D eigenvalue weighted by Gasteiger charge is 2.54. The first kappa shape index (κ1) is 19.9. The molecule has 2 fully saturated rings. The van der Waals surface area contributed by atoms with Gasteiger partial charge in [-0.3, -0.25) is 0 Å². The first-order chi connectivity index (χ1) is 13.9. The number of anilines is 1. The van der Waals surface area contributed by atoms with Crippen molar-refractivity contribution in [2.45, 2.75) is 24.0 Å². The van der Waals surface area contributed by atoms with Crippen molar-refractivity contribution in [3.05, 3.63) is 60.7 Å². The lowest BCUT2D eigenvalue weighted by Crippen LogP contribution is -2.60. The van der Waals surface area contributed by atoms with E-state index >= 15 is 0 Å².